The number of hydrogen-bond acceptors (Lipinski definition) is 2. The van der Waals surface area contributed by atoms with Gasteiger partial charge in [-0.05, 0) is 62.0 Å². The van der Waals surface area contributed by atoms with Gasteiger partial charge >= 0.3 is 0 Å². The minimum absolute atomic E-state index is 0.232. The molecule has 2 aliphatic carbocycles. The number of carbonyl (C=O) groups is 1. The molecule has 2 aromatic rings. The van der Waals surface area contributed by atoms with E-state index in [1.165, 1.54) is 32.1 Å². The number of benzene rings is 1. The molecular weight excluding hydrogens is 324 g/mol. The van der Waals surface area contributed by atoms with Crippen LogP contribution in [0.3, 0.4) is 0 Å². The van der Waals surface area contributed by atoms with E-state index in [2.05, 4.69) is 27.7 Å². The summed E-state index contributed by atoms with van der Waals surface area (Å²) in [6, 6.07) is 10.8. The average molecular weight is 352 g/mol. The molecule has 2 unspecified atom stereocenters. The number of amides is 1. The summed E-state index contributed by atoms with van der Waals surface area (Å²) >= 11 is 0. The van der Waals surface area contributed by atoms with Gasteiger partial charge in [0.1, 0.15) is 5.69 Å². The van der Waals surface area contributed by atoms with E-state index >= 15 is 0 Å². The second kappa shape index (κ2) is 6.41. The fraction of sp³-hybridized carbons (Fsp3) is 0.591. The van der Waals surface area contributed by atoms with Gasteiger partial charge in [-0.3, -0.25) is 4.79 Å². The molecule has 2 atom stereocenters. The summed E-state index contributed by atoms with van der Waals surface area (Å²) < 4.78 is 7.47. The van der Waals surface area contributed by atoms with Crippen molar-refractivity contribution in [1.82, 2.24) is 9.47 Å². The molecule has 26 heavy (non-hydrogen) atoms. The molecule has 1 aromatic carbocycles. The minimum Gasteiger partial charge on any atom is -0.383 e. The summed E-state index contributed by atoms with van der Waals surface area (Å²) in [6.07, 6.45) is 6.52. The van der Waals surface area contributed by atoms with Crippen LogP contribution in [0.2, 0.25) is 0 Å². The van der Waals surface area contributed by atoms with Crippen LogP contribution in [0.4, 0.5) is 0 Å². The van der Waals surface area contributed by atoms with Crippen LogP contribution in [0.1, 0.15) is 42.6 Å². The first-order valence-corrected chi connectivity index (χ1v) is 10.1. The fourth-order valence-electron chi connectivity index (χ4n) is 5.99. The van der Waals surface area contributed by atoms with Crippen molar-refractivity contribution in [3.05, 3.63) is 36.0 Å². The molecule has 0 spiro atoms. The van der Waals surface area contributed by atoms with E-state index in [4.69, 9.17) is 4.74 Å². The number of fused-ring (bicyclic) bond motifs is 2. The highest BCUT2D eigenvalue weighted by Crippen LogP contribution is 2.47. The summed E-state index contributed by atoms with van der Waals surface area (Å²) in [5.74, 6) is 2.66. The van der Waals surface area contributed by atoms with Gasteiger partial charge < -0.3 is 14.2 Å². The maximum Gasteiger partial charge on any atom is 0.270 e. The first-order chi connectivity index (χ1) is 12.7. The SMILES string of the molecule is COCCn1c(C(=O)N2CC3CC4CC(C3)CC2C4)cc2ccccc21. The van der Waals surface area contributed by atoms with Crippen molar-refractivity contribution in [1.29, 1.82) is 0 Å². The van der Waals surface area contributed by atoms with E-state index in [1.807, 2.05) is 12.1 Å². The van der Waals surface area contributed by atoms with Crippen LogP contribution in [0.15, 0.2) is 30.3 Å². The molecule has 4 nitrogen and oxygen atoms in total. The third kappa shape index (κ3) is 2.66. The Bertz CT molecular complexity index is 813. The molecule has 1 aromatic heterocycles. The number of para-hydroxylation sites is 1. The Labute approximate surface area is 155 Å². The Balaban J connectivity index is 1.52. The van der Waals surface area contributed by atoms with Gasteiger partial charge in [-0.2, -0.15) is 0 Å². The molecule has 4 aliphatic rings. The molecule has 1 amide bonds. The maximum absolute atomic E-state index is 13.6. The number of methoxy groups -OCH3 is 1. The van der Waals surface area contributed by atoms with Crippen molar-refractivity contribution < 1.29 is 9.53 Å². The first-order valence-electron chi connectivity index (χ1n) is 10.1. The third-order valence-corrected chi connectivity index (χ3v) is 6.92. The van der Waals surface area contributed by atoms with Crippen molar-refractivity contribution in [3.8, 4) is 0 Å². The van der Waals surface area contributed by atoms with Gasteiger partial charge in [0.15, 0.2) is 0 Å². The molecule has 6 rings (SSSR count). The van der Waals surface area contributed by atoms with Gasteiger partial charge in [0.25, 0.3) is 5.91 Å². The van der Waals surface area contributed by atoms with Crippen LogP contribution in [-0.2, 0) is 11.3 Å². The van der Waals surface area contributed by atoms with Crippen molar-refractivity contribution in [2.75, 3.05) is 20.3 Å². The normalized spacial score (nSPS) is 30.1. The van der Waals surface area contributed by atoms with Crippen LogP contribution in [0.5, 0.6) is 0 Å². The van der Waals surface area contributed by atoms with Crippen LogP contribution in [0, 0.1) is 17.8 Å². The van der Waals surface area contributed by atoms with Gasteiger partial charge in [0, 0.05) is 37.1 Å². The second-order valence-electron chi connectivity index (χ2n) is 8.62. The number of nitrogens with zero attached hydrogens (tertiary/aromatic N) is 2. The highest BCUT2D eigenvalue weighted by molar-refractivity contribution is 5.99. The van der Waals surface area contributed by atoms with E-state index in [0.29, 0.717) is 18.6 Å². The number of hydrogen-bond donors (Lipinski definition) is 0. The lowest BCUT2D eigenvalue weighted by atomic mass is 9.68. The number of rotatable bonds is 4. The topological polar surface area (TPSA) is 34.5 Å². The second-order valence-corrected chi connectivity index (χ2v) is 8.62. The standard InChI is InChI=1S/C22H28N2O2/c1-26-7-6-23-20-5-3-2-4-18(20)13-21(23)22(25)24-14-17-9-15-8-16(10-17)12-19(24)11-15/h2-5,13,15-17,19H,6-12,14H2,1H3. The predicted octanol–water partition coefficient (Wildman–Crippen LogP) is 3.94. The Morgan fingerprint density at radius 1 is 1.08 bits per heavy atom. The largest absolute Gasteiger partial charge is 0.383 e. The fourth-order valence-corrected chi connectivity index (χ4v) is 5.99. The zero-order valence-corrected chi connectivity index (χ0v) is 15.6. The van der Waals surface area contributed by atoms with Crippen LogP contribution >= 0.6 is 0 Å². The van der Waals surface area contributed by atoms with E-state index in [-0.39, 0.29) is 5.91 Å². The van der Waals surface area contributed by atoms with Gasteiger partial charge in [0.05, 0.1) is 6.61 Å². The van der Waals surface area contributed by atoms with Gasteiger partial charge in [-0.1, -0.05) is 18.2 Å². The molecular formula is C22H28N2O2. The Morgan fingerprint density at radius 3 is 2.58 bits per heavy atom. The molecule has 2 aliphatic heterocycles. The summed E-state index contributed by atoms with van der Waals surface area (Å²) in [5, 5.41) is 1.15. The smallest absolute Gasteiger partial charge is 0.270 e. The Hall–Kier alpha value is -1.81. The molecule has 4 heteroatoms. The lowest BCUT2D eigenvalue weighted by Gasteiger charge is -2.39. The maximum atomic E-state index is 13.6. The average Bonchev–Trinajstić information content (AvgIpc) is 2.89. The lowest BCUT2D eigenvalue weighted by molar-refractivity contribution is 0.0620. The van der Waals surface area contributed by atoms with Crippen molar-refractivity contribution >= 4 is 16.8 Å². The summed E-state index contributed by atoms with van der Waals surface area (Å²) in [4.78, 5) is 15.9. The van der Waals surface area contributed by atoms with E-state index in [1.54, 1.807) is 7.11 Å². The summed E-state index contributed by atoms with van der Waals surface area (Å²) in [6.45, 7) is 2.30. The number of ether oxygens (including phenoxy) is 1. The monoisotopic (exact) mass is 352 g/mol. The molecule has 4 bridgehead atoms. The van der Waals surface area contributed by atoms with E-state index in [9.17, 15) is 4.79 Å². The van der Waals surface area contributed by atoms with E-state index < -0.39 is 0 Å². The van der Waals surface area contributed by atoms with Gasteiger partial charge in [0.2, 0.25) is 0 Å². The lowest BCUT2D eigenvalue weighted by Crippen LogP contribution is -2.42. The molecule has 2 saturated heterocycles. The Kier molecular flexibility index (Phi) is 4.04. The Morgan fingerprint density at radius 2 is 1.81 bits per heavy atom. The first kappa shape index (κ1) is 16.4. The zero-order valence-electron chi connectivity index (χ0n) is 15.6. The predicted molar refractivity (Wildman–Crippen MR) is 102 cm³/mol. The highest BCUT2D eigenvalue weighted by atomic mass is 16.5. The van der Waals surface area contributed by atoms with Gasteiger partial charge in [-0.25, -0.2) is 0 Å². The van der Waals surface area contributed by atoms with Crippen LogP contribution in [0.25, 0.3) is 10.9 Å². The minimum atomic E-state index is 0.232. The van der Waals surface area contributed by atoms with Crippen molar-refractivity contribution in [2.24, 2.45) is 17.8 Å². The molecule has 4 fully saturated rings. The van der Waals surface area contributed by atoms with Crippen LogP contribution < -0.4 is 0 Å². The molecule has 0 N–H and O–H groups in total. The molecule has 2 saturated carbocycles. The number of carbonyl (C=O) groups excluding carboxylic acids is 1. The van der Waals surface area contributed by atoms with Gasteiger partial charge in [-0.15, -0.1) is 0 Å². The number of aromatic nitrogens is 1. The molecule has 138 valence electrons. The van der Waals surface area contributed by atoms with E-state index in [0.717, 1.165) is 41.5 Å². The zero-order chi connectivity index (χ0) is 17.7. The molecule has 3 heterocycles. The van der Waals surface area contributed by atoms with Crippen molar-refractivity contribution in [3.63, 3.8) is 0 Å². The van der Waals surface area contributed by atoms with Crippen molar-refractivity contribution in [2.45, 2.75) is 44.7 Å². The molecule has 0 radical (unpaired) electrons. The quantitative estimate of drug-likeness (QED) is 0.835. The third-order valence-electron chi connectivity index (χ3n) is 6.92. The summed E-state index contributed by atoms with van der Waals surface area (Å²) in [7, 11) is 1.72. The summed E-state index contributed by atoms with van der Waals surface area (Å²) in [5.41, 5.74) is 1.97. The van der Waals surface area contributed by atoms with Crippen LogP contribution in [-0.4, -0.2) is 41.7 Å². The highest BCUT2D eigenvalue weighted by Gasteiger charge is 2.44.